The standard InChI is InChI=1S/C24H22N6O/c31-23(29-10-1-2-11-29)17-30-16-22(15-28-30)21-13-26-24(27-14-21)20-5-3-4-19(12-20)18-6-8-25-9-7-18/h3-9,12-16H,1-2,10-11,17H2. The lowest BCUT2D eigenvalue weighted by Crippen LogP contribution is -2.31. The minimum atomic E-state index is 0.118. The first-order valence-corrected chi connectivity index (χ1v) is 10.4. The van der Waals surface area contributed by atoms with Gasteiger partial charge < -0.3 is 4.90 Å². The van der Waals surface area contributed by atoms with Gasteiger partial charge in [0, 0.05) is 60.8 Å². The Morgan fingerprint density at radius 1 is 0.839 bits per heavy atom. The molecule has 31 heavy (non-hydrogen) atoms. The van der Waals surface area contributed by atoms with Gasteiger partial charge in [0.1, 0.15) is 6.54 Å². The smallest absolute Gasteiger partial charge is 0.244 e. The fourth-order valence-corrected chi connectivity index (χ4v) is 3.81. The number of amides is 1. The van der Waals surface area contributed by atoms with Crippen LogP contribution in [0.3, 0.4) is 0 Å². The Morgan fingerprint density at radius 3 is 2.35 bits per heavy atom. The van der Waals surface area contributed by atoms with Crippen molar-refractivity contribution in [3.8, 4) is 33.6 Å². The zero-order valence-corrected chi connectivity index (χ0v) is 17.1. The predicted molar refractivity (Wildman–Crippen MR) is 118 cm³/mol. The Balaban J connectivity index is 1.32. The molecule has 4 aromatic rings. The normalized spacial score (nSPS) is 13.5. The molecule has 1 aliphatic rings. The van der Waals surface area contributed by atoms with Gasteiger partial charge in [0.2, 0.25) is 5.91 Å². The highest BCUT2D eigenvalue weighted by atomic mass is 16.2. The van der Waals surface area contributed by atoms with Crippen LogP contribution in [0, 0.1) is 0 Å². The molecule has 1 amide bonds. The van der Waals surface area contributed by atoms with Crippen LogP contribution >= 0.6 is 0 Å². The third kappa shape index (κ3) is 4.21. The second-order valence-corrected chi connectivity index (χ2v) is 7.63. The van der Waals surface area contributed by atoms with Crippen molar-refractivity contribution in [3.05, 3.63) is 73.6 Å². The molecule has 1 saturated heterocycles. The monoisotopic (exact) mass is 410 g/mol. The molecule has 7 nitrogen and oxygen atoms in total. The maximum Gasteiger partial charge on any atom is 0.244 e. The van der Waals surface area contributed by atoms with Crippen LogP contribution < -0.4 is 0 Å². The number of carbonyl (C=O) groups is 1. The Bertz CT molecular complexity index is 1180. The molecular weight excluding hydrogens is 388 g/mol. The van der Waals surface area contributed by atoms with E-state index in [0.29, 0.717) is 5.82 Å². The molecule has 3 aromatic heterocycles. The number of likely N-dealkylation sites (tertiary alicyclic amines) is 1. The molecule has 0 atom stereocenters. The molecule has 0 saturated carbocycles. The van der Waals surface area contributed by atoms with Gasteiger partial charge in [-0.2, -0.15) is 5.10 Å². The summed E-state index contributed by atoms with van der Waals surface area (Å²) in [7, 11) is 0. The molecule has 5 rings (SSSR count). The Labute approximate surface area is 180 Å². The zero-order chi connectivity index (χ0) is 21.0. The summed E-state index contributed by atoms with van der Waals surface area (Å²) in [4.78, 5) is 27.4. The van der Waals surface area contributed by atoms with Crippen LogP contribution in [0.1, 0.15) is 12.8 Å². The summed E-state index contributed by atoms with van der Waals surface area (Å²) in [5, 5.41) is 4.34. The van der Waals surface area contributed by atoms with Gasteiger partial charge in [0.15, 0.2) is 5.82 Å². The Kier molecular flexibility index (Phi) is 5.22. The molecule has 1 aromatic carbocycles. The van der Waals surface area contributed by atoms with E-state index < -0.39 is 0 Å². The second-order valence-electron chi connectivity index (χ2n) is 7.63. The van der Waals surface area contributed by atoms with E-state index in [2.05, 4.69) is 32.2 Å². The Hall–Kier alpha value is -3.87. The highest BCUT2D eigenvalue weighted by Crippen LogP contribution is 2.25. The van der Waals surface area contributed by atoms with E-state index >= 15 is 0 Å². The van der Waals surface area contributed by atoms with E-state index in [0.717, 1.165) is 53.7 Å². The van der Waals surface area contributed by atoms with Crippen LogP contribution in [0.2, 0.25) is 0 Å². The number of aromatic nitrogens is 5. The largest absolute Gasteiger partial charge is 0.341 e. The number of rotatable bonds is 5. The first kappa shape index (κ1) is 19.1. The lowest BCUT2D eigenvalue weighted by molar-refractivity contribution is -0.130. The fraction of sp³-hybridized carbons (Fsp3) is 0.208. The minimum Gasteiger partial charge on any atom is -0.341 e. The van der Waals surface area contributed by atoms with Crippen molar-refractivity contribution in [2.75, 3.05) is 13.1 Å². The molecule has 0 unspecified atom stereocenters. The number of benzene rings is 1. The number of carbonyl (C=O) groups excluding carboxylic acids is 1. The van der Waals surface area contributed by atoms with Gasteiger partial charge in [0.05, 0.1) is 6.20 Å². The maximum atomic E-state index is 12.3. The molecule has 0 spiro atoms. The highest BCUT2D eigenvalue weighted by molar-refractivity contribution is 5.76. The molecule has 0 N–H and O–H groups in total. The summed E-state index contributed by atoms with van der Waals surface area (Å²) in [6.45, 7) is 1.97. The van der Waals surface area contributed by atoms with Gasteiger partial charge in [-0.05, 0) is 42.2 Å². The lowest BCUT2D eigenvalue weighted by Gasteiger charge is -2.14. The predicted octanol–water partition coefficient (Wildman–Crippen LogP) is 3.69. The van der Waals surface area contributed by atoms with Crippen molar-refractivity contribution in [2.24, 2.45) is 0 Å². The molecular formula is C24H22N6O. The quantitative estimate of drug-likeness (QED) is 0.501. The molecule has 4 heterocycles. The van der Waals surface area contributed by atoms with E-state index in [4.69, 9.17) is 0 Å². The topological polar surface area (TPSA) is 76.8 Å². The van der Waals surface area contributed by atoms with Gasteiger partial charge in [0.25, 0.3) is 0 Å². The molecule has 0 aliphatic carbocycles. The zero-order valence-electron chi connectivity index (χ0n) is 17.1. The minimum absolute atomic E-state index is 0.118. The van der Waals surface area contributed by atoms with Crippen molar-refractivity contribution < 1.29 is 4.79 Å². The van der Waals surface area contributed by atoms with E-state index in [1.165, 1.54) is 0 Å². The van der Waals surface area contributed by atoms with Gasteiger partial charge in [-0.1, -0.05) is 18.2 Å². The van der Waals surface area contributed by atoms with Crippen LogP contribution in [0.5, 0.6) is 0 Å². The highest BCUT2D eigenvalue weighted by Gasteiger charge is 2.18. The summed E-state index contributed by atoms with van der Waals surface area (Å²) >= 11 is 0. The van der Waals surface area contributed by atoms with Gasteiger partial charge in [-0.25, -0.2) is 9.97 Å². The van der Waals surface area contributed by atoms with Crippen LogP contribution in [0.25, 0.3) is 33.6 Å². The third-order valence-corrected chi connectivity index (χ3v) is 5.51. The number of hydrogen-bond acceptors (Lipinski definition) is 5. The molecule has 7 heteroatoms. The van der Waals surface area contributed by atoms with Crippen molar-refractivity contribution in [3.63, 3.8) is 0 Å². The molecule has 0 radical (unpaired) electrons. The van der Waals surface area contributed by atoms with E-state index in [1.54, 1.807) is 35.7 Å². The lowest BCUT2D eigenvalue weighted by atomic mass is 10.0. The fourth-order valence-electron chi connectivity index (χ4n) is 3.81. The second kappa shape index (κ2) is 8.47. The first-order valence-electron chi connectivity index (χ1n) is 10.4. The van der Waals surface area contributed by atoms with E-state index in [9.17, 15) is 4.79 Å². The van der Waals surface area contributed by atoms with Gasteiger partial charge >= 0.3 is 0 Å². The average Bonchev–Trinajstić information content (AvgIpc) is 3.53. The van der Waals surface area contributed by atoms with Crippen LogP contribution in [0.4, 0.5) is 0 Å². The molecule has 0 bridgehead atoms. The first-order chi connectivity index (χ1) is 15.3. The summed E-state index contributed by atoms with van der Waals surface area (Å²) in [5.74, 6) is 0.782. The third-order valence-electron chi connectivity index (χ3n) is 5.51. The van der Waals surface area contributed by atoms with Crippen LogP contribution in [-0.2, 0) is 11.3 Å². The van der Waals surface area contributed by atoms with Crippen molar-refractivity contribution >= 4 is 5.91 Å². The number of nitrogens with zero attached hydrogens (tertiary/aromatic N) is 6. The Morgan fingerprint density at radius 2 is 1.58 bits per heavy atom. The van der Waals surface area contributed by atoms with Crippen molar-refractivity contribution in [1.29, 1.82) is 0 Å². The van der Waals surface area contributed by atoms with Crippen LogP contribution in [0.15, 0.2) is 73.6 Å². The van der Waals surface area contributed by atoms with Crippen molar-refractivity contribution in [2.45, 2.75) is 19.4 Å². The molecule has 154 valence electrons. The average molecular weight is 410 g/mol. The maximum absolute atomic E-state index is 12.3. The summed E-state index contributed by atoms with van der Waals surface area (Å²) < 4.78 is 1.68. The number of hydrogen-bond donors (Lipinski definition) is 0. The molecule has 1 aliphatic heterocycles. The van der Waals surface area contributed by atoms with Crippen molar-refractivity contribution in [1.82, 2.24) is 29.6 Å². The summed E-state index contributed by atoms with van der Waals surface area (Å²) in [5.41, 5.74) is 4.91. The SMILES string of the molecule is O=C(Cn1cc(-c2cnc(-c3cccc(-c4ccncc4)c3)nc2)cn1)N1CCCC1. The molecule has 1 fully saturated rings. The van der Waals surface area contributed by atoms with Crippen LogP contribution in [-0.4, -0.2) is 48.6 Å². The van der Waals surface area contributed by atoms with Gasteiger partial charge in [-0.3, -0.25) is 14.5 Å². The summed E-state index contributed by atoms with van der Waals surface area (Å²) in [6, 6.07) is 12.1. The van der Waals surface area contributed by atoms with E-state index in [-0.39, 0.29) is 12.5 Å². The number of pyridine rings is 1. The summed E-state index contributed by atoms with van der Waals surface area (Å²) in [6.07, 6.45) is 13.0. The van der Waals surface area contributed by atoms with E-state index in [1.807, 2.05) is 35.4 Å². The van der Waals surface area contributed by atoms with Gasteiger partial charge in [-0.15, -0.1) is 0 Å².